The largest absolute Gasteiger partial charge is 0.463 e. The Balaban J connectivity index is 2.45. The van der Waals surface area contributed by atoms with Crippen molar-refractivity contribution in [2.24, 2.45) is 0 Å². The summed E-state index contributed by atoms with van der Waals surface area (Å²) in [5, 5.41) is 2.78. The van der Waals surface area contributed by atoms with E-state index in [9.17, 15) is 14.0 Å². The lowest BCUT2D eigenvalue weighted by Gasteiger charge is -2.35. The third-order valence-corrected chi connectivity index (χ3v) is 3.81. The highest BCUT2D eigenvalue weighted by Crippen LogP contribution is 2.31. The Morgan fingerprint density at radius 1 is 1.33 bits per heavy atom. The fourth-order valence-electron chi connectivity index (χ4n) is 2.61. The number of hydrogen-bond donors (Lipinski definition) is 1. The number of allylic oxidation sites excluding steroid dienone is 1. The number of halogens is 1. The van der Waals surface area contributed by atoms with Crippen molar-refractivity contribution in [1.82, 2.24) is 10.2 Å². The van der Waals surface area contributed by atoms with E-state index in [1.165, 1.54) is 36.3 Å². The smallest absolute Gasteiger partial charge is 0.338 e. The van der Waals surface area contributed by atoms with E-state index in [1.807, 2.05) is 0 Å². The Hall–Kier alpha value is -2.41. The number of ether oxygens (including phenoxy) is 2. The van der Waals surface area contributed by atoms with Crippen molar-refractivity contribution in [3.05, 3.63) is 46.9 Å². The van der Waals surface area contributed by atoms with Crippen LogP contribution in [0.3, 0.4) is 0 Å². The standard InChI is InChI=1S/C17H21FN2O4/c1-4-24-16(21)14-11(2)20(9-10-23-3)17(22)19-15(14)12-5-7-13(18)8-6-12/h5-8,15H,4,9-10H2,1-3H3,(H,19,22)/t15-/m1/s1. The van der Waals surface area contributed by atoms with Crippen molar-refractivity contribution >= 4 is 12.0 Å². The molecule has 0 fully saturated rings. The van der Waals surface area contributed by atoms with E-state index >= 15 is 0 Å². The fourth-order valence-corrected chi connectivity index (χ4v) is 2.61. The predicted molar refractivity (Wildman–Crippen MR) is 85.6 cm³/mol. The van der Waals surface area contributed by atoms with Crippen LogP contribution in [0.5, 0.6) is 0 Å². The maximum atomic E-state index is 13.2. The molecule has 1 atom stereocenters. The molecule has 6 nitrogen and oxygen atoms in total. The van der Waals surface area contributed by atoms with Crippen LogP contribution in [-0.2, 0) is 14.3 Å². The minimum atomic E-state index is -0.684. The summed E-state index contributed by atoms with van der Waals surface area (Å²) in [5.41, 5.74) is 1.45. The summed E-state index contributed by atoms with van der Waals surface area (Å²) in [7, 11) is 1.54. The van der Waals surface area contributed by atoms with Crippen LogP contribution in [0.4, 0.5) is 9.18 Å². The number of carbonyl (C=O) groups excluding carboxylic acids is 2. The zero-order chi connectivity index (χ0) is 17.7. The van der Waals surface area contributed by atoms with Gasteiger partial charge in [-0.2, -0.15) is 0 Å². The molecule has 2 rings (SSSR count). The summed E-state index contributed by atoms with van der Waals surface area (Å²) in [6.07, 6.45) is 0. The van der Waals surface area contributed by atoms with Crippen LogP contribution >= 0.6 is 0 Å². The number of urea groups is 1. The van der Waals surface area contributed by atoms with Crippen molar-refractivity contribution in [3.63, 3.8) is 0 Å². The number of carbonyl (C=O) groups is 2. The monoisotopic (exact) mass is 336 g/mol. The van der Waals surface area contributed by atoms with Gasteiger partial charge in [0, 0.05) is 12.8 Å². The number of nitrogens with zero attached hydrogens (tertiary/aromatic N) is 1. The lowest BCUT2D eigenvalue weighted by Crippen LogP contribution is -2.49. The molecule has 0 spiro atoms. The lowest BCUT2D eigenvalue weighted by atomic mass is 9.95. The zero-order valence-electron chi connectivity index (χ0n) is 14.0. The summed E-state index contributed by atoms with van der Waals surface area (Å²) in [6, 6.07) is 4.63. The number of rotatable bonds is 6. The molecule has 24 heavy (non-hydrogen) atoms. The third kappa shape index (κ3) is 3.73. The Labute approximate surface area is 140 Å². The second kappa shape index (κ2) is 7.92. The first-order valence-corrected chi connectivity index (χ1v) is 7.69. The van der Waals surface area contributed by atoms with E-state index in [4.69, 9.17) is 9.47 Å². The van der Waals surface area contributed by atoms with E-state index in [0.29, 0.717) is 30.0 Å². The van der Waals surface area contributed by atoms with Gasteiger partial charge in [-0.05, 0) is 31.5 Å². The van der Waals surface area contributed by atoms with Gasteiger partial charge in [0.2, 0.25) is 0 Å². The quantitative estimate of drug-likeness (QED) is 0.810. The summed E-state index contributed by atoms with van der Waals surface area (Å²) in [6.45, 7) is 4.27. The average Bonchev–Trinajstić information content (AvgIpc) is 2.55. The van der Waals surface area contributed by atoms with Crippen LogP contribution in [0.2, 0.25) is 0 Å². The minimum Gasteiger partial charge on any atom is -0.463 e. The topological polar surface area (TPSA) is 67.9 Å². The van der Waals surface area contributed by atoms with E-state index < -0.39 is 12.0 Å². The second-order valence-corrected chi connectivity index (χ2v) is 5.30. The van der Waals surface area contributed by atoms with Crippen LogP contribution in [0, 0.1) is 5.82 Å². The first kappa shape index (κ1) is 17.9. The SMILES string of the molecule is CCOC(=O)C1=C(C)N(CCOC)C(=O)N[C@@H]1c1ccc(F)cc1. The normalized spacial score (nSPS) is 17.8. The van der Waals surface area contributed by atoms with Gasteiger partial charge in [-0.25, -0.2) is 14.0 Å². The van der Waals surface area contributed by atoms with Crippen molar-refractivity contribution in [2.75, 3.05) is 26.9 Å². The van der Waals surface area contributed by atoms with Gasteiger partial charge in [-0.3, -0.25) is 4.90 Å². The van der Waals surface area contributed by atoms with Gasteiger partial charge in [0.15, 0.2) is 0 Å². The molecule has 0 saturated heterocycles. The van der Waals surface area contributed by atoms with E-state index in [0.717, 1.165) is 0 Å². The molecule has 0 unspecified atom stereocenters. The first-order valence-electron chi connectivity index (χ1n) is 7.69. The van der Waals surface area contributed by atoms with E-state index in [-0.39, 0.29) is 18.5 Å². The lowest BCUT2D eigenvalue weighted by molar-refractivity contribution is -0.139. The molecular weight excluding hydrogens is 315 g/mol. The van der Waals surface area contributed by atoms with Gasteiger partial charge in [0.05, 0.1) is 31.4 Å². The molecule has 1 aromatic rings. The van der Waals surface area contributed by atoms with E-state index in [1.54, 1.807) is 13.8 Å². The highest BCUT2D eigenvalue weighted by atomic mass is 19.1. The van der Waals surface area contributed by atoms with Crippen molar-refractivity contribution in [2.45, 2.75) is 19.9 Å². The highest BCUT2D eigenvalue weighted by Gasteiger charge is 2.36. The summed E-state index contributed by atoms with van der Waals surface area (Å²) < 4.78 is 23.3. The minimum absolute atomic E-state index is 0.220. The average molecular weight is 336 g/mol. The second-order valence-electron chi connectivity index (χ2n) is 5.30. The Kier molecular flexibility index (Phi) is 5.92. The highest BCUT2D eigenvalue weighted by molar-refractivity contribution is 5.95. The maximum Gasteiger partial charge on any atom is 0.338 e. The predicted octanol–water partition coefficient (Wildman–Crippen LogP) is 2.38. The zero-order valence-corrected chi connectivity index (χ0v) is 14.0. The molecule has 1 heterocycles. The number of esters is 1. The molecule has 1 N–H and O–H groups in total. The summed E-state index contributed by atoms with van der Waals surface area (Å²) >= 11 is 0. The van der Waals surface area contributed by atoms with E-state index in [2.05, 4.69) is 5.32 Å². The molecule has 130 valence electrons. The Bertz CT molecular complexity index is 642. The molecule has 1 aromatic carbocycles. The van der Waals surface area contributed by atoms with Gasteiger partial charge < -0.3 is 14.8 Å². The van der Waals surface area contributed by atoms with Crippen molar-refractivity contribution in [3.8, 4) is 0 Å². The van der Waals surface area contributed by atoms with Crippen LogP contribution < -0.4 is 5.32 Å². The third-order valence-electron chi connectivity index (χ3n) is 3.81. The number of amides is 2. The number of benzene rings is 1. The number of methoxy groups -OCH3 is 1. The molecule has 7 heteroatoms. The molecule has 0 aliphatic carbocycles. The summed E-state index contributed by atoms with van der Waals surface area (Å²) in [4.78, 5) is 26.2. The number of nitrogens with one attached hydrogen (secondary N) is 1. The molecule has 1 aliphatic rings. The number of hydrogen-bond acceptors (Lipinski definition) is 4. The van der Waals surface area contributed by atoms with Gasteiger partial charge >= 0.3 is 12.0 Å². The first-order chi connectivity index (χ1) is 11.5. The van der Waals surface area contributed by atoms with Crippen LogP contribution in [0.25, 0.3) is 0 Å². The molecule has 0 radical (unpaired) electrons. The van der Waals surface area contributed by atoms with Crippen LogP contribution in [0.15, 0.2) is 35.5 Å². The molecule has 0 bridgehead atoms. The molecule has 0 saturated carbocycles. The fraction of sp³-hybridized carbons (Fsp3) is 0.412. The van der Waals surface area contributed by atoms with Crippen molar-refractivity contribution < 1.29 is 23.5 Å². The molecular formula is C17H21FN2O4. The van der Waals surface area contributed by atoms with Gasteiger partial charge in [0.25, 0.3) is 0 Å². The van der Waals surface area contributed by atoms with Crippen LogP contribution in [-0.4, -0.2) is 43.8 Å². The van der Waals surface area contributed by atoms with Gasteiger partial charge in [-0.1, -0.05) is 12.1 Å². The maximum absolute atomic E-state index is 13.2. The molecule has 2 amide bonds. The Morgan fingerprint density at radius 3 is 2.58 bits per heavy atom. The summed E-state index contributed by atoms with van der Waals surface area (Å²) in [5.74, 6) is -0.896. The molecule has 0 aromatic heterocycles. The van der Waals surface area contributed by atoms with Gasteiger partial charge in [-0.15, -0.1) is 0 Å². The Morgan fingerprint density at radius 2 is 2.00 bits per heavy atom. The van der Waals surface area contributed by atoms with Gasteiger partial charge in [0.1, 0.15) is 5.82 Å². The van der Waals surface area contributed by atoms with Crippen molar-refractivity contribution in [1.29, 1.82) is 0 Å². The molecule has 1 aliphatic heterocycles. The van der Waals surface area contributed by atoms with Crippen LogP contribution in [0.1, 0.15) is 25.5 Å².